The number of halogens is 2. The molecule has 0 aliphatic carbocycles. The van der Waals surface area contributed by atoms with Gasteiger partial charge in [-0.25, -0.2) is 4.39 Å². The minimum atomic E-state index is -0.385. The first kappa shape index (κ1) is 19.7. The number of aromatic nitrogens is 3. The molecule has 156 valence electrons. The molecule has 3 heterocycles. The van der Waals surface area contributed by atoms with Crippen molar-refractivity contribution in [2.24, 2.45) is 7.05 Å². The summed E-state index contributed by atoms with van der Waals surface area (Å²) in [5, 5.41) is 5.97. The van der Waals surface area contributed by atoms with Crippen molar-refractivity contribution < 1.29 is 9.18 Å². The van der Waals surface area contributed by atoms with Gasteiger partial charge in [0, 0.05) is 46.9 Å². The van der Waals surface area contributed by atoms with Crippen LogP contribution in [0.5, 0.6) is 0 Å². The minimum Gasteiger partial charge on any atom is -0.330 e. The molecule has 4 aromatic rings. The quantitative estimate of drug-likeness (QED) is 0.436. The predicted octanol–water partition coefficient (Wildman–Crippen LogP) is 5.19. The Morgan fingerprint density at radius 2 is 2.03 bits per heavy atom. The number of nitrogens with zero attached hydrogens (tertiary/aromatic N) is 4. The number of benzene rings is 2. The van der Waals surface area contributed by atoms with E-state index in [0.717, 1.165) is 27.9 Å². The highest BCUT2D eigenvalue weighted by Gasteiger charge is 2.33. The van der Waals surface area contributed by atoms with Crippen LogP contribution in [0.2, 0.25) is 5.02 Å². The van der Waals surface area contributed by atoms with Crippen LogP contribution >= 0.6 is 11.6 Å². The second-order valence-corrected chi connectivity index (χ2v) is 8.27. The number of carbonyl (C=O) groups is 1. The second kappa shape index (κ2) is 7.46. The number of carbonyl (C=O) groups excluding carboxylic acids is 1. The molecule has 1 aliphatic rings. The number of hydrogen-bond donors (Lipinski definition) is 0. The van der Waals surface area contributed by atoms with Gasteiger partial charge in [-0.2, -0.15) is 5.10 Å². The zero-order valence-electron chi connectivity index (χ0n) is 17.1. The van der Waals surface area contributed by atoms with Crippen molar-refractivity contribution in [3.05, 3.63) is 82.4 Å². The summed E-state index contributed by atoms with van der Waals surface area (Å²) in [4.78, 5) is 19.5. The van der Waals surface area contributed by atoms with Gasteiger partial charge in [0.1, 0.15) is 5.82 Å². The summed E-state index contributed by atoms with van der Waals surface area (Å²) in [6.45, 7) is 2.54. The third-order valence-electron chi connectivity index (χ3n) is 5.89. The summed E-state index contributed by atoms with van der Waals surface area (Å²) in [7, 11) is 1.83. The molecular formula is C24H20ClFN4O. The van der Waals surface area contributed by atoms with Crippen LogP contribution in [0.3, 0.4) is 0 Å². The standard InChI is InChI=1S/C24H20ClFN4O/c1-14-22-20(23(29(2)28-22)17-11-18(25)13-19(26)12-17)7-9-30(14)24(31)16-5-6-21-15(10-16)4-3-8-27-21/h3-6,8,10-14H,7,9H2,1-2H3. The molecule has 5 rings (SSSR count). The largest absolute Gasteiger partial charge is 0.330 e. The number of aryl methyl sites for hydroxylation is 1. The lowest BCUT2D eigenvalue weighted by Gasteiger charge is -2.33. The Labute approximate surface area is 184 Å². The summed E-state index contributed by atoms with van der Waals surface area (Å²) < 4.78 is 15.7. The van der Waals surface area contributed by atoms with Gasteiger partial charge in [-0.05, 0) is 55.8 Å². The molecule has 1 amide bonds. The fourth-order valence-corrected chi connectivity index (χ4v) is 4.67. The molecule has 31 heavy (non-hydrogen) atoms. The van der Waals surface area contributed by atoms with Gasteiger partial charge in [-0.3, -0.25) is 14.5 Å². The number of pyridine rings is 1. The Balaban J connectivity index is 1.50. The number of fused-ring (bicyclic) bond motifs is 2. The number of rotatable bonds is 2. The topological polar surface area (TPSA) is 51.0 Å². The first-order chi connectivity index (χ1) is 14.9. The SMILES string of the molecule is CC1c2nn(C)c(-c3cc(F)cc(Cl)c3)c2CCN1C(=O)c1ccc2ncccc2c1. The average Bonchev–Trinajstić information content (AvgIpc) is 3.09. The van der Waals surface area contributed by atoms with Gasteiger partial charge in [0.05, 0.1) is 22.9 Å². The average molecular weight is 435 g/mol. The Morgan fingerprint density at radius 3 is 2.84 bits per heavy atom. The second-order valence-electron chi connectivity index (χ2n) is 7.83. The molecule has 0 radical (unpaired) electrons. The molecule has 0 saturated heterocycles. The zero-order valence-corrected chi connectivity index (χ0v) is 17.9. The molecule has 1 unspecified atom stereocenters. The maximum Gasteiger partial charge on any atom is 0.254 e. The molecule has 0 N–H and O–H groups in total. The lowest BCUT2D eigenvalue weighted by atomic mass is 9.95. The normalized spacial score (nSPS) is 15.9. The predicted molar refractivity (Wildman–Crippen MR) is 119 cm³/mol. The monoisotopic (exact) mass is 434 g/mol. The summed E-state index contributed by atoms with van der Waals surface area (Å²) in [6.07, 6.45) is 2.38. The molecule has 0 saturated carbocycles. The van der Waals surface area contributed by atoms with Crippen LogP contribution in [0.1, 0.15) is 34.6 Å². The van der Waals surface area contributed by atoms with E-state index in [1.807, 2.05) is 49.2 Å². The van der Waals surface area contributed by atoms with Crippen LogP contribution in [0.25, 0.3) is 22.2 Å². The summed E-state index contributed by atoms with van der Waals surface area (Å²) in [5.74, 6) is -0.422. The molecule has 2 aromatic carbocycles. The highest BCUT2D eigenvalue weighted by atomic mass is 35.5. The van der Waals surface area contributed by atoms with Crippen LogP contribution < -0.4 is 0 Å². The number of amides is 1. The van der Waals surface area contributed by atoms with Crippen LogP contribution in [0.4, 0.5) is 4.39 Å². The van der Waals surface area contributed by atoms with E-state index in [0.29, 0.717) is 29.1 Å². The van der Waals surface area contributed by atoms with E-state index in [-0.39, 0.29) is 17.8 Å². The van der Waals surface area contributed by atoms with Crippen molar-refractivity contribution >= 4 is 28.4 Å². The Bertz CT molecular complexity index is 1310. The van der Waals surface area contributed by atoms with E-state index in [1.165, 1.54) is 12.1 Å². The molecule has 0 spiro atoms. The first-order valence-corrected chi connectivity index (χ1v) is 10.5. The van der Waals surface area contributed by atoms with E-state index in [4.69, 9.17) is 16.7 Å². The molecule has 1 atom stereocenters. The highest BCUT2D eigenvalue weighted by molar-refractivity contribution is 6.30. The fraction of sp³-hybridized carbons (Fsp3) is 0.208. The van der Waals surface area contributed by atoms with E-state index in [1.54, 1.807) is 16.9 Å². The van der Waals surface area contributed by atoms with Gasteiger partial charge in [-0.1, -0.05) is 17.7 Å². The minimum absolute atomic E-state index is 0.0371. The van der Waals surface area contributed by atoms with E-state index in [9.17, 15) is 9.18 Å². The van der Waals surface area contributed by atoms with Gasteiger partial charge in [-0.15, -0.1) is 0 Å². The molecule has 5 nitrogen and oxygen atoms in total. The van der Waals surface area contributed by atoms with Crippen LogP contribution in [0.15, 0.2) is 54.7 Å². The van der Waals surface area contributed by atoms with Crippen LogP contribution in [0, 0.1) is 5.82 Å². The summed E-state index contributed by atoms with van der Waals surface area (Å²) in [6, 6.07) is 13.7. The first-order valence-electron chi connectivity index (χ1n) is 10.1. The third kappa shape index (κ3) is 3.37. The molecule has 2 aromatic heterocycles. The van der Waals surface area contributed by atoms with Gasteiger partial charge in [0.15, 0.2) is 0 Å². The van der Waals surface area contributed by atoms with Crippen LogP contribution in [-0.2, 0) is 13.5 Å². The lowest BCUT2D eigenvalue weighted by molar-refractivity contribution is 0.0674. The molecule has 1 aliphatic heterocycles. The van der Waals surface area contributed by atoms with Crippen molar-refractivity contribution in [3.63, 3.8) is 0 Å². The van der Waals surface area contributed by atoms with Crippen LogP contribution in [-0.4, -0.2) is 32.1 Å². The van der Waals surface area contributed by atoms with Gasteiger partial charge < -0.3 is 4.90 Å². The summed E-state index contributed by atoms with van der Waals surface area (Å²) >= 11 is 6.08. The molecule has 7 heteroatoms. The van der Waals surface area contributed by atoms with Crippen molar-refractivity contribution in [2.45, 2.75) is 19.4 Å². The Kier molecular flexibility index (Phi) is 4.74. The van der Waals surface area contributed by atoms with Crippen molar-refractivity contribution in [1.29, 1.82) is 0 Å². The van der Waals surface area contributed by atoms with E-state index < -0.39 is 0 Å². The third-order valence-corrected chi connectivity index (χ3v) is 6.11. The van der Waals surface area contributed by atoms with Crippen molar-refractivity contribution in [1.82, 2.24) is 19.7 Å². The summed E-state index contributed by atoms with van der Waals surface area (Å²) in [5.41, 5.74) is 4.88. The highest BCUT2D eigenvalue weighted by Crippen LogP contribution is 2.37. The maximum atomic E-state index is 14.0. The van der Waals surface area contributed by atoms with Gasteiger partial charge in [0.25, 0.3) is 5.91 Å². The zero-order chi connectivity index (χ0) is 21.7. The number of hydrogen-bond acceptors (Lipinski definition) is 3. The van der Waals surface area contributed by atoms with E-state index >= 15 is 0 Å². The Morgan fingerprint density at radius 1 is 1.19 bits per heavy atom. The fourth-order valence-electron chi connectivity index (χ4n) is 4.45. The van der Waals surface area contributed by atoms with Gasteiger partial charge in [0.2, 0.25) is 0 Å². The van der Waals surface area contributed by atoms with Crippen molar-refractivity contribution in [3.8, 4) is 11.3 Å². The maximum absolute atomic E-state index is 14.0. The molecule has 0 fully saturated rings. The lowest BCUT2D eigenvalue weighted by Crippen LogP contribution is -2.38. The van der Waals surface area contributed by atoms with E-state index in [2.05, 4.69) is 4.98 Å². The Hall–Kier alpha value is -3.25. The smallest absolute Gasteiger partial charge is 0.254 e. The molecule has 0 bridgehead atoms. The van der Waals surface area contributed by atoms with Gasteiger partial charge >= 0.3 is 0 Å². The molecular weight excluding hydrogens is 415 g/mol. The van der Waals surface area contributed by atoms with Crippen molar-refractivity contribution in [2.75, 3.05) is 6.54 Å².